The highest BCUT2D eigenvalue weighted by Gasteiger charge is 2.26. The smallest absolute Gasteiger partial charge is 0.0499 e. The molecule has 0 heterocycles. The molecule has 1 aliphatic carbocycles. The van der Waals surface area contributed by atoms with E-state index in [9.17, 15) is 5.11 Å². The van der Waals surface area contributed by atoms with Gasteiger partial charge in [0, 0.05) is 12.5 Å². The Morgan fingerprint density at radius 3 is 2.80 bits per heavy atom. The summed E-state index contributed by atoms with van der Waals surface area (Å²) in [6, 6.07) is 0. The van der Waals surface area contributed by atoms with Gasteiger partial charge in [0.15, 0.2) is 0 Å². The molecule has 15 heavy (non-hydrogen) atoms. The van der Waals surface area contributed by atoms with Crippen LogP contribution in [0.2, 0.25) is 0 Å². The summed E-state index contributed by atoms with van der Waals surface area (Å²) >= 11 is 0. The highest BCUT2D eigenvalue weighted by Crippen LogP contribution is 2.34. The van der Waals surface area contributed by atoms with E-state index in [4.69, 9.17) is 0 Å². The molecule has 0 aromatic carbocycles. The molecule has 1 heteroatoms. The third-order valence-electron chi connectivity index (χ3n) is 3.65. The van der Waals surface area contributed by atoms with E-state index < -0.39 is 0 Å². The minimum Gasteiger partial charge on any atom is -0.396 e. The zero-order valence-corrected chi connectivity index (χ0v) is 10.1. The average Bonchev–Trinajstić information content (AvgIpc) is 2.71. The lowest BCUT2D eigenvalue weighted by Crippen LogP contribution is -2.23. The number of rotatable bonds is 6. The number of aliphatic hydroxyl groups is 1. The fourth-order valence-electron chi connectivity index (χ4n) is 2.57. The van der Waals surface area contributed by atoms with Gasteiger partial charge >= 0.3 is 0 Å². The van der Waals surface area contributed by atoms with Crippen molar-refractivity contribution in [3.05, 3.63) is 24.3 Å². The van der Waals surface area contributed by atoms with Crippen LogP contribution in [0, 0.1) is 17.8 Å². The Balaban J connectivity index is 2.56. The van der Waals surface area contributed by atoms with Crippen LogP contribution >= 0.6 is 0 Å². The van der Waals surface area contributed by atoms with Crippen molar-refractivity contribution in [2.45, 2.75) is 39.5 Å². The van der Waals surface area contributed by atoms with Gasteiger partial charge in [0.2, 0.25) is 0 Å². The zero-order valence-electron chi connectivity index (χ0n) is 10.1. The molecule has 1 nitrogen and oxygen atoms in total. The van der Waals surface area contributed by atoms with Gasteiger partial charge in [-0.2, -0.15) is 0 Å². The SMILES string of the molecule is C=C(CCC)C(CO)C(C)C1C=CCC1. The second kappa shape index (κ2) is 6.12. The molecule has 1 aliphatic rings. The Bertz CT molecular complexity index is 229. The van der Waals surface area contributed by atoms with E-state index >= 15 is 0 Å². The van der Waals surface area contributed by atoms with Gasteiger partial charge in [0.1, 0.15) is 0 Å². The number of hydrogen-bond acceptors (Lipinski definition) is 1. The van der Waals surface area contributed by atoms with Crippen molar-refractivity contribution in [1.29, 1.82) is 0 Å². The second-order valence-corrected chi connectivity index (χ2v) is 4.73. The molecular weight excluding hydrogens is 184 g/mol. The van der Waals surface area contributed by atoms with Gasteiger partial charge in [-0.05, 0) is 31.1 Å². The Kier molecular flexibility index (Phi) is 5.10. The molecule has 0 aromatic heterocycles. The van der Waals surface area contributed by atoms with Gasteiger partial charge in [-0.3, -0.25) is 0 Å². The topological polar surface area (TPSA) is 20.2 Å². The van der Waals surface area contributed by atoms with Crippen LogP contribution in [-0.2, 0) is 0 Å². The summed E-state index contributed by atoms with van der Waals surface area (Å²) in [5, 5.41) is 9.47. The lowest BCUT2D eigenvalue weighted by atomic mass is 9.78. The third kappa shape index (κ3) is 3.20. The average molecular weight is 208 g/mol. The minimum atomic E-state index is 0.254. The van der Waals surface area contributed by atoms with E-state index in [0.29, 0.717) is 11.8 Å². The van der Waals surface area contributed by atoms with Crippen molar-refractivity contribution >= 4 is 0 Å². The van der Waals surface area contributed by atoms with Crippen LogP contribution in [0.15, 0.2) is 24.3 Å². The van der Waals surface area contributed by atoms with Crippen molar-refractivity contribution in [2.75, 3.05) is 6.61 Å². The van der Waals surface area contributed by atoms with E-state index in [1.165, 1.54) is 18.4 Å². The first-order valence-electron chi connectivity index (χ1n) is 6.15. The van der Waals surface area contributed by atoms with Gasteiger partial charge in [0.25, 0.3) is 0 Å². The van der Waals surface area contributed by atoms with Crippen LogP contribution in [0.3, 0.4) is 0 Å². The predicted molar refractivity (Wildman–Crippen MR) is 65.7 cm³/mol. The Labute approximate surface area is 93.9 Å². The first-order valence-corrected chi connectivity index (χ1v) is 6.15. The van der Waals surface area contributed by atoms with Crippen molar-refractivity contribution < 1.29 is 5.11 Å². The second-order valence-electron chi connectivity index (χ2n) is 4.73. The van der Waals surface area contributed by atoms with Gasteiger partial charge in [-0.1, -0.05) is 44.6 Å². The van der Waals surface area contributed by atoms with E-state index in [-0.39, 0.29) is 12.5 Å². The zero-order chi connectivity index (χ0) is 11.3. The normalized spacial score (nSPS) is 24.1. The Morgan fingerprint density at radius 2 is 2.33 bits per heavy atom. The van der Waals surface area contributed by atoms with E-state index in [1.807, 2.05) is 0 Å². The molecule has 0 bridgehead atoms. The summed E-state index contributed by atoms with van der Waals surface area (Å²) in [7, 11) is 0. The summed E-state index contributed by atoms with van der Waals surface area (Å²) < 4.78 is 0. The highest BCUT2D eigenvalue weighted by molar-refractivity contribution is 5.07. The molecule has 0 saturated heterocycles. The Hall–Kier alpha value is -0.560. The number of allylic oxidation sites excluding steroid dienone is 2. The quantitative estimate of drug-likeness (QED) is 0.662. The maximum atomic E-state index is 9.47. The molecule has 0 radical (unpaired) electrons. The van der Waals surface area contributed by atoms with Gasteiger partial charge < -0.3 is 5.11 Å². The van der Waals surface area contributed by atoms with Crippen molar-refractivity contribution in [3.8, 4) is 0 Å². The fourth-order valence-corrected chi connectivity index (χ4v) is 2.57. The standard InChI is InChI=1S/C14H24O/c1-4-7-11(2)14(10-15)12(3)13-8-5-6-9-13/h5,8,12-15H,2,4,6-7,9-10H2,1,3H3. The largest absolute Gasteiger partial charge is 0.396 e. The van der Waals surface area contributed by atoms with E-state index in [0.717, 1.165) is 12.8 Å². The molecule has 86 valence electrons. The summed E-state index contributed by atoms with van der Waals surface area (Å²) in [5.74, 6) is 1.47. The van der Waals surface area contributed by atoms with Crippen molar-refractivity contribution in [1.82, 2.24) is 0 Å². The summed E-state index contributed by atoms with van der Waals surface area (Å²) in [4.78, 5) is 0. The third-order valence-corrected chi connectivity index (χ3v) is 3.65. The molecule has 1 N–H and O–H groups in total. The molecule has 1 rings (SSSR count). The van der Waals surface area contributed by atoms with Gasteiger partial charge in [-0.25, -0.2) is 0 Å². The van der Waals surface area contributed by atoms with Crippen LogP contribution < -0.4 is 0 Å². The first-order chi connectivity index (χ1) is 7.20. The summed E-state index contributed by atoms with van der Waals surface area (Å²) in [6.07, 6.45) is 9.20. The maximum absolute atomic E-state index is 9.47. The molecule has 3 unspecified atom stereocenters. The minimum absolute atomic E-state index is 0.254. The van der Waals surface area contributed by atoms with Crippen LogP contribution in [0.5, 0.6) is 0 Å². The molecule has 3 atom stereocenters. The van der Waals surface area contributed by atoms with Crippen LogP contribution in [0.25, 0.3) is 0 Å². The lowest BCUT2D eigenvalue weighted by Gasteiger charge is -2.28. The molecule has 0 saturated carbocycles. The lowest BCUT2D eigenvalue weighted by molar-refractivity contribution is 0.181. The monoisotopic (exact) mass is 208 g/mol. The Morgan fingerprint density at radius 1 is 1.60 bits per heavy atom. The molecule has 0 aliphatic heterocycles. The highest BCUT2D eigenvalue weighted by atomic mass is 16.3. The predicted octanol–water partition coefficient (Wildman–Crippen LogP) is 3.55. The summed E-state index contributed by atoms with van der Waals surface area (Å²) in [5.41, 5.74) is 1.23. The number of hydrogen-bond donors (Lipinski definition) is 1. The van der Waals surface area contributed by atoms with E-state index in [2.05, 4.69) is 32.6 Å². The molecule has 0 spiro atoms. The van der Waals surface area contributed by atoms with Crippen LogP contribution in [0.1, 0.15) is 39.5 Å². The maximum Gasteiger partial charge on any atom is 0.0499 e. The number of aliphatic hydroxyl groups excluding tert-OH is 1. The summed E-state index contributed by atoms with van der Waals surface area (Å²) in [6.45, 7) is 8.80. The van der Waals surface area contributed by atoms with Crippen molar-refractivity contribution in [3.63, 3.8) is 0 Å². The van der Waals surface area contributed by atoms with Crippen LogP contribution in [-0.4, -0.2) is 11.7 Å². The molecular formula is C14H24O. The first kappa shape index (κ1) is 12.5. The van der Waals surface area contributed by atoms with Gasteiger partial charge in [0.05, 0.1) is 0 Å². The fraction of sp³-hybridized carbons (Fsp3) is 0.714. The van der Waals surface area contributed by atoms with E-state index in [1.54, 1.807) is 0 Å². The molecule has 0 aromatic rings. The molecule has 0 amide bonds. The van der Waals surface area contributed by atoms with Crippen molar-refractivity contribution in [2.24, 2.45) is 17.8 Å². The van der Waals surface area contributed by atoms with Crippen LogP contribution in [0.4, 0.5) is 0 Å². The van der Waals surface area contributed by atoms with Gasteiger partial charge in [-0.15, -0.1) is 0 Å². The molecule has 0 fully saturated rings.